The molecule has 2 heterocycles. The number of hydrogen-bond donors (Lipinski definition) is 3. The molecule has 0 fully saturated rings. The van der Waals surface area contributed by atoms with Crippen LogP contribution in [0.15, 0.2) is 79.1 Å². The van der Waals surface area contributed by atoms with Crippen molar-refractivity contribution in [2.45, 2.75) is 38.8 Å². The van der Waals surface area contributed by atoms with Crippen molar-refractivity contribution >= 4 is 17.2 Å². The summed E-state index contributed by atoms with van der Waals surface area (Å²) in [4.78, 5) is 26.2. The van der Waals surface area contributed by atoms with Crippen LogP contribution in [0.3, 0.4) is 0 Å². The fourth-order valence-electron chi connectivity index (χ4n) is 4.12. The molecule has 3 N–H and O–H groups in total. The lowest BCUT2D eigenvalue weighted by Gasteiger charge is -2.21. The smallest absolute Gasteiger partial charge is 0.252 e. The van der Waals surface area contributed by atoms with Gasteiger partial charge in [0.2, 0.25) is 0 Å². The lowest BCUT2D eigenvalue weighted by molar-refractivity contribution is 0.0922. The van der Waals surface area contributed by atoms with E-state index in [4.69, 9.17) is 0 Å². The Morgan fingerprint density at radius 1 is 0.944 bits per heavy atom. The Bertz CT molecular complexity index is 1330. The number of carbonyl (C=O) groups is 2. The SMILES string of the molecule is Cc1ccc([C@H](C)CN[C@@H](C(=O)c2cnn3cc(C(=O)NC[C@@H](C)O)ccc23)c2ccccc2)cc1. The van der Waals surface area contributed by atoms with Crippen LogP contribution < -0.4 is 10.6 Å². The van der Waals surface area contributed by atoms with Crippen LogP contribution in [-0.2, 0) is 0 Å². The van der Waals surface area contributed by atoms with Gasteiger partial charge in [0.05, 0.1) is 35.0 Å². The van der Waals surface area contributed by atoms with Crippen LogP contribution in [0.4, 0.5) is 0 Å². The van der Waals surface area contributed by atoms with Crippen molar-refractivity contribution < 1.29 is 14.7 Å². The fraction of sp³-hybridized carbons (Fsp3) is 0.276. The van der Waals surface area contributed by atoms with Crippen LogP contribution in [0, 0.1) is 6.92 Å². The van der Waals surface area contributed by atoms with Crippen LogP contribution in [-0.4, -0.2) is 45.6 Å². The zero-order valence-electron chi connectivity index (χ0n) is 20.8. The molecule has 186 valence electrons. The van der Waals surface area contributed by atoms with Gasteiger partial charge in [-0.25, -0.2) is 4.52 Å². The van der Waals surface area contributed by atoms with E-state index in [2.05, 4.69) is 53.8 Å². The minimum atomic E-state index is -0.636. The molecule has 0 saturated carbocycles. The van der Waals surface area contributed by atoms with Crippen molar-refractivity contribution in [1.29, 1.82) is 0 Å². The number of Topliss-reactive ketones (excluding diaryl/α,β-unsaturated/α-hetero) is 1. The van der Waals surface area contributed by atoms with E-state index in [9.17, 15) is 14.7 Å². The third-order valence-corrected chi connectivity index (χ3v) is 6.27. The predicted octanol–water partition coefficient (Wildman–Crippen LogP) is 4.07. The summed E-state index contributed by atoms with van der Waals surface area (Å²) in [6.45, 7) is 6.60. The fourth-order valence-corrected chi connectivity index (χ4v) is 4.12. The van der Waals surface area contributed by atoms with Crippen LogP contribution in [0.2, 0.25) is 0 Å². The molecule has 0 unspecified atom stereocenters. The normalized spacial score (nSPS) is 13.8. The van der Waals surface area contributed by atoms with Gasteiger partial charge >= 0.3 is 0 Å². The maximum absolute atomic E-state index is 13.8. The van der Waals surface area contributed by atoms with Gasteiger partial charge in [0.25, 0.3) is 5.91 Å². The number of pyridine rings is 1. The highest BCUT2D eigenvalue weighted by atomic mass is 16.3. The summed E-state index contributed by atoms with van der Waals surface area (Å²) < 4.78 is 1.54. The van der Waals surface area contributed by atoms with Crippen LogP contribution in [0.1, 0.15) is 63.2 Å². The van der Waals surface area contributed by atoms with Crippen LogP contribution in [0.5, 0.6) is 0 Å². The summed E-state index contributed by atoms with van der Waals surface area (Å²) >= 11 is 0. The summed E-state index contributed by atoms with van der Waals surface area (Å²) in [6.07, 6.45) is 2.51. The van der Waals surface area contributed by atoms with Crippen molar-refractivity contribution in [2.24, 2.45) is 0 Å². The van der Waals surface area contributed by atoms with Crippen molar-refractivity contribution in [3.8, 4) is 0 Å². The number of nitrogens with one attached hydrogen (secondary N) is 2. The monoisotopic (exact) mass is 484 g/mol. The molecule has 0 aliphatic heterocycles. The van der Waals surface area contributed by atoms with Gasteiger partial charge in [-0.1, -0.05) is 67.1 Å². The van der Waals surface area contributed by atoms with Crippen LogP contribution >= 0.6 is 0 Å². The molecule has 7 heteroatoms. The Labute approximate surface area is 211 Å². The second-order valence-corrected chi connectivity index (χ2v) is 9.29. The first kappa shape index (κ1) is 25.3. The molecule has 0 aliphatic carbocycles. The molecule has 0 saturated heterocycles. The Balaban J connectivity index is 1.57. The molecule has 2 aromatic carbocycles. The zero-order valence-corrected chi connectivity index (χ0v) is 20.8. The lowest BCUT2D eigenvalue weighted by Crippen LogP contribution is -2.31. The average Bonchev–Trinajstić information content (AvgIpc) is 3.31. The molecule has 7 nitrogen and oxygen atoms in total. The second kappa shape index (κ2) is 11.3. The van der Waals surface area contributed by atoms with Gasteiger partial charge in [-0.05, 0) is 43.0 Å². The molecule has 4 aromatic rings. The number of aryl methyl sites for hydroxylation is 1. The van der Waals surface area contributed by atoms with Gasteiger partial charge < -0.3 is 15.7 Å². The van der Waals surface area contributed by atoms with E-state index in [0.29, 0.717) is 23.2 Å². The number of hydrogen-bond acceptors (Lipinski definition) is 5. The van der Waals surface area contributed by atoms with E-state index >= 15 is 0 Å². The first-order valence-corrected chi connectivity index (χ1v) is 12.2. The number of aliphatic hydroxyl groups excluding tert-OH is 1. The number of nitrogens with zero attached hydrogens (tertiary/aromatic N) is 2. The largest absolute Gasteiger partial charge is 0.392 e. The first-order chi connectivity index (χ1) is 17.3. The summed E-state index contributed by atoms with van der Waals surface area (Å²) in [5, 5.41) is 19.9. The van der Waals surface area contributed by atoms with E-state index in [-0.39, 0.29) is 24.2 Å². The highest BCUT2D eigenvalue weighted by Crippen LogP contribution is 2.24. The molecule has 36 heavy (non-hydrogen) atoms. The second-order valence-electron chi connectivity index (χ2n) is 9.29. The molecule has 4 rings (SSSR count). The van der Waals surface area contributed by atoms with Crippen molar-refractivity contribution in [3.05, 3.63) is 107 Å². The molecule has 1 amide bonds. The van der Waals surface area contributed by atoms with E-state index in [1.165, 1.54) is 11.1 Å². The Morgan fingerprint density at radius 2 is 1.67 bits per heavy atom. The maximum Gasteiger partial charge on any atom is 0.252 e. The number of carbonyl (C=O) groups excluding carboxylic acids is 2. The Hall–Kier alpha value is -3.81. The molecule has 0 aliphatic rings. The van der Waals surface area contributed by atoms with Gasteiger partial charge in [0.15, 0.2) is 5.78 Å². The molecule has 2 aromatic heterocycles. The summed E-state index contributed by atoms with van der Waals surface area (Å²) in [5.74, 6) is -0.176. The standard InChI is InChI=1S/C29H32N4O3/c1-19-9-11-22(12-10-19)20(2)15-30-27(23-7-5-4-6-8-23)28(35)25-17-32-33-18-24(13-14-26(25)33)29(36)31-16-21(3)34/h4-14,17-18,20-21,27,30,34H,15-16H2,1-3H3,(H,31,36)/t20-,21-,27-/m1/s1. The summed E-state index contributed by atoms with van der Waals surface area (Å²) in [7, 11) is 0. The number of aromatic nitrogens is 2. The van der Waals surface area contributed by atoms with Gasteiger partial charge in [-0.2, -0.15) is 5.10 Å². The number of amides is 1. The van der Waals surface area contributed by atoms with Crippen molar-refractivity contribution in [1.82, 2.24) is 20.2 Å². The van der Waals surface area contributed by atoms with E-state index in [0.717, 1.165) is 5.56 Å². The minimum absolute atomic E-state index is 0.0846. The van der Waals surface area contributed by atoms with Crippen LogP contribution in [0.25, 0.3) is 5.52 Å². The quantitative estimate of drug-likeness (QED) is 0.295. The molecular formula is C29H32N4O3. The molecule has 3 atom stereocenters. The van der Waals surface area contributed by atoms with Crippen molar-refractivity contribution in [3.63, 3.8) is 0 Å². The maximum atomic E-state index is 13.8. The molecular weight excluding hydrogens is 452 g/mol. The minimum Gasteiger partial charge on any atom is -0.392 e. The number of aliphatic hydroxyl groups is 1. The number of benzene rings is 2. The first-order valence-electron chi connectivity index (χ1n) is 12.2. The third-order valence-electron chi connectivity index (χ3n) is 6.27. The van der Waals surface area contributed by atoms with E-state index in [1.807, 2.05) is 30.3 Å². The topological polar surface area (TPSA) is 95.7 Å². The molecule has 0 spiro atoms. The summed E-state index contributed by atoms with van der Waals surface area (Å²) in [5.41, 5.74) is 4.82. The van der Waals surface area contributed by atoms with Gasteiger partial charge in [0, 0.05) is 19.3 Å². The van der Waals surface area contributed by atoms with E-state index < -0.39 is 12.1 Å². The van der Waals surface area contributed by atoms with E-state index in [1.54, 1.807) is 36.0 Å². The third kappa shape index (κ3) is 5.87. The highest BCUT2D eigenvalue weighted by Gasteiger charge is 2.25. The summed E-state index contributed by atoms with van der Waals surface area (Å²) in [6, 6.07) is 21.0. The molecule has 0 bridgehead atoms. The number of fused-ring (bicyclic) bond motifs is 1. The zero-order chi connectivity index (χ0) is 25.7. The average molecular weight is 485 g/mol. The molecule has 0 radical (unpaired) electrons. The number of ketones is 1. The highest BCUT2D eigenvalue weighted by molar-refractivity contribution is 6.06. The Kier molecular flexibility index (Phi) is 7.93. The Morgan fingerprint density at radius 3 is 2.36 bits per heavy atom. The predicted molar refractivity (Wildman–Crippen MR) is 140 cm³/mol. The van der Waals surface area contributed by atoms with Crippen molar-refractivity contribution in [2.75, 3.05) is 13.1 Å². The lowest BCUT2D eigenvalue weighted by atomic mass is 9.95. The van der Waals surface area contributed by atoms with Gasteiger partial charge in [-0.3, -0.25) is 9.59 Å². The van der Waals surface area contributed by atoms with Gasteiger partial charge in [0.1, 0.15) is 0 Å². The number of rotatable bonds is 10. The van der Waals surface area contributed by atoms with Gasteiger partial charge in [-0.15, -0.1) is 0 Å².